The summed E-state index contributed by atoms with van der Waals surface area (Å²) in [5.74, 6) is 3.68. The van der Waals surface area contributed by atoms with Gasteiger partial charge in [0.15, 0.2) is 0 Å². The Labute approximate surface area is 207 Å². The minimum absolute atomic E-state index is 0.0674. The number of ether oxygens (including phenoxy) is 1. The quantitative estimate of drug-likeness (QED) is 0.592. The van der Waals surface area contributed by atoms with E-state index in [-0.39, 0.29) is 30.8 Å². The average molecular weight is 476 g/mol. The molecule has 0 aromatic carbocycles. The lowest BCUT2D eigenvalue weighted by Crippen LogP contribution is -2.65. The predicted octanol–water partition coefficient (Wildman–Crippen LogP) is 4.93. The Morgan fingerprint density at radius 3 is 2.53 bits per heavy atom. The van der Waals surface area contributed by atoms with Gasteiger partial charge in [-0.1, -0.05) is 26.2 Å². The summed E-state index contributed by atoms with van der Waals surface area (Å²) in [6.07, 6.45) is 16.4. The number of likely N-dealkylation sites (tertiary alicyclic amines) is 1. The SMILES string of the molecule is C[C@]12CC[C@H](OC[C@H](O)CO)CC1CC[C@@H]1C2CC[C@@]2(C)C1CCCN2C(=O)C1CCCCC1. The van der Waals surface area contributed by atoms with Gasteiger partial charge in [-0.25, -0.2) is 0 Å². The van der Waals surface area contributed by atoms with Crippen molar-refractivity contribution >= 4 is 5.91 Å². The van der Waals surface area contributed by atoms with Crippen LogP contribution in [-0.4, -0.2) is 58.5 Å². The molecule has 0 aromatic rings. The van der Waals surface area contributed by atoms with Crippen molar-refractivity contribution in [2.24, 2.45) is 35.0 Å². The van der Waals surface area contributed by atoms with Crippen LogP contribution in [0.2, 0.25) is 0 Å². The van der Waals surface area contributed by atoms with Crippen LogP contribution in [0.15, 0.2) is 0 Å². The molecule has 1 saturated heterocycles. The third kappa shape index (κ3) is 4.36. The van der Waals surface area contributed by atoms with E-state index < -0.39 is 6.10 Å². The summed E-state index contributed by atoms with van der Waals surface area (Å²) in [6.45, 7) is 6.04. The molecule has 5 aliphatic rings. The van der Waals surface area contributed by atoms with Gasteiger partial charge in [-0.3, -0.25) is 4.79 Å². The first-order valence-electron chi connectivity index (χ1n) is 14.6. The van der Waals surface area contributed by atoms with Crippen LogP contribution in [0.1, 0.15) is 104 Å². The van der Waals surface area contributed by atoms with Crippen molar-refractivity contribution in [3.05, 3.63) is 0 Å². The van der Waals surface area contributed by atoms with Crippen molar-refractivity contribution in [1.29, 1.82) is 0 Å². The van der Waals surface area contributed by atoms with E-state index in [1.54, 1.807) is 0 Å². The van der Waals surface area contributed by atoms with Crippen molar-refractivity contribution in [1.82, 2.24) is 4.90 Å². The highest BCUT2D eigenvalue weighted by atomic mass is 16.5. The Hall–Kier alpha value is -0.650. The maximum atomic E-state index is 13.7. The smallest absolute Gasteiger partial charge is 0.226 e. The number of rotatable bonds is 5. The summed E-state index contributed by atoms with van der Waals surface area (Å²) < 4.78 is 6.01. The molecular formula is C29H49NO4. The standard InChI is InChI=1S/C29H49NO4/c1-28-14-12-23(34-19-22(32)18-31)17-21(28)10-11-24-25(28)13-15-29(2)26(24)9-6-16-30(29)27(33)20-7-4-3-5-8-20/h20-26,31-32H,3-19H2,1-2H3/t21?,22-,23+,24-,25?,26?,28+,29+/m1/s1. The fraction of sp³-hybridized carbons (Fsp3) is 0.966. The highest BCUT2D eigenvalue weighted by Crippen LogP contribution is 2.63. The van der Waals surface area contributed by atoms with Gasteiger partial charge in [-0.2, -0.15) is 0 Å². The van der Waals surface area contributed by atoms with Crippen LogP contribution in [0.4, 0.5) is 0 Å². The summed E-state index contributed by atoms with van der Waals surface area (Å²) in [5, 5.41) is 18.8. The summed E-state index contributed by atoms with van der Waals surface area (Å²) >= 11 is 0. The molecule has 194 valence electrons. The number of aliphatic hydroxyl groups is 2. The van der Waals surface area contributed by atoms with Gasteiger partial charge in [0.05, 0.1) is 19.3 Å². The first-order valence-corrected chi connectivity index (χ1v) is 14.6. The number of piperidine rings is 1. The Kier molecular flexibility index (Phi) is 7.37. The first-order chi connectivity index (χ1) is 16.4. The Balaban J connectivity index is 1.28. The lowest BCUT2D eigenvalue weighted by Gasteiger charge is -2.64. The molecular weight excluding hydrogens is 426 g/mol. The topological polar surface area (TPSA) is 70.0 Å². The molecule has 2 N–H and O–H groups in total. The number of aliphatic hydroxyl groups excluding tert-OH is 2. The molecule has 0 bridgehead atoms. The number of hydrogen-bond acceptors (Lipinski definition) is 4. The van der Waals surface area contributed by atoms with Crippen molar-refractivity contribution in [3.63, 3.8) is 0 Å². The molecule has 5 heteroatoms. The van der Waals surface area contributed by atoms with Crippen LogP contribution < -0.4 is 0 Å². The molecule has 34 heavy (non-hydrogen) atoms. The molecule has 0 spiro atoms. The van der Waals surface area contributed by atoms with Crippen molar-refractivity contribution in [3.8, 4) is 0 Å². The van der Waals surface area contributed by atoms with E-state index in [1.165, 1.54) is 64.2 Å². The van der Waals surface area contributed by atoms with Crippen molar-refractivity contribution < 1.29 is 19.7 Å². The molecule has 3 unspecified atom stereocenters. The largest absolute Gasteiger partial charge is 0.394 e. The van der Waals surface area contributed by atoms with Crippen LogP contribution in [-0.2, 0) is 9.53 Å². The van der Waals surface area contributed by atoms with E-state index in [1.807, 2.05) is 0 Å². The van der Waals surface area contributed by atoms with Gasteiger partial charge in [0, 0.05) is 18.0 Å². The van der Waals surface area contributed by atoms with Gasteiger partial charge in [0.2, 0.25) is 5.91 Å². The van der Waals surface area contributed by atoms with E-state index in [0.717, 1.165) is 44.1 Å². The zero-order valence-corrected chi connectivity index (χ0v) is 21.7. The first kappa shape index (κ1) is 25.0. The minimum atomic E-state index is -0.759. The molecule has 1 amide bonds. The third-order valence-corrected chi connectivity index (χ3v) is 11.4. The zero-order valence-electron chi connectivity index (χ0n) is 21.7. The van der Waals surface area contributed by atoms with E-state index in [2.05, 4.69) is 18.7 Å². The van der Waals surface area contributed by atoms with Gasteiger partial charge in [-0.15, -0.1) is 0 Å². The van der Waals surface area contributed by atoms with Crippen LogP contribution in [0.5, 0.6) is 0 Å². The summed E-state index contributed by atoms with van der Waals surface area (Å²) in [4.78, 5) is 16.1. The predicted molar refractivity (Wildman–Crippen MR) is 133 cm³/mol. The fourth-order valence-corrected chi connectivity index (χ4v) is 9.49. The number of hydrogen-bond donors (Lipinski definition) is 2. The van der Waals surface area contributed by atoms with E-state index in [0.29, 0.717) is 23.2 Å². The second-order valence-corrected chi connectivity index (χ2v) is 13.1. The number of carbonyl (C=O) groups is 1. The Bertz CT molecular complexity index is 723. The molecule has 5 nitrogen and oxygen atoms in total. The second-order valence-electron chi connectivity index (χ2n) is 13.1. The van der Waals surface area contributed by atoms with Crippen LogP contribution >= 0.6 is 0 Å². The zero-order chi connectivity index (χ0) is 23.9. The normalized spacial score (nSPS) is 44.0. The second kappa shape index (κ2) is 10.0. The molecule has 8 atom stereocenters. The lowest BCUT2D eigenvalue weighted by atomic mass is 9.45. The van der Waals surface area contributed by atoms with Gasteiger partial charge in [-0.05, 0) is 107 Å². The lowest BCUT2D eigenvalue weighted by molar-refractivity contribution is -0.173. The maximum Gasteiger partial charge on any atom is 0.226 e. The van der Waals surface area contributed by atoms with E-state index in [4.69, 9.17) is 9.84 Å². The molecule has 5 fully saturated rings. The minimum Gasteiger partial charge on any atom is -0.394 e. The van der Waals surface area contributed by atoms with Gasteiger partial charge in [0.1, 0.15) is 6.10 Å². The summed E-state index contributed by atoms with van der Waals surface area (Å²) in [5.41, 5.74) is 0.452. The van der Waals surface area contributed by atoms with E-state index in [9.17, 15) is 9.90 Å². The van der Waals surface area contributed by atoms with Crippen molar-refractivity contribution in [2.75, 3.05) is 19.8 Å². The average Bonchev–Trinajstić information content (AvgIpc) is 2.86. The Morgan fingerprint density at radius 2 is 1.76 bits per heavy atom. The van der Waals surface area contributed by atoms with Crippen molar-refractivity contribution in [2.45, 2.75) is 121 Å². The molecule has 4 saturated carbocycles. The van der Waals surface area contributed by atoms with Crippen LogP contribution in [0, 0.1) is 35.0 Å². The van der Waals surface area contributed by atoms with Crippen LogP contribution in [0.25, 0.3) is 0 Å². The van der Waals surface area contributed by atoms with Gasteiger partial charge >= 0.3 is 0 Å². The number of carbonyl (C=O) groups excluding carboxylic acids is 1. The molecule has 0 radical (unpaired) electrons. The summed E-state index contributed by atoms with van der Waals surface area (Å²) in [7, 11) is 0. The molecule has 0 aromatic heterocycles. The van der Waals surface area contributed by atoms with Crippen LogP contribution in [0.3, 0.4) is 0 Å². The molecule has 4 aliphatic carbocycles. The summed E-state index contributed by atoms with van der Waals surface area (Å²) in [6, 6.07) is 0. The highest BCUT2D eigenvalue weighted by molar-refractivity contribution is 5.80. The van der Waals surface area contributed by atoms with E-state index >= 15 is 0 Å². The van der Waals surface area contributed by atoms with Gasteiger partial charge < -0.3 is 19.8 Å². The molecule has 5 rings (SSSR count). The number of fused-ring (bicyclic) bond motifs is 5. The number of amides is 1. The Morgan fingerprint density at radius 1 is 0.971 bits per heavy atom. The molecule has 1 heterocycles. The maximum absolute atomic E-state index is 13.7. The number of nitrogens with zero attached hydrogens (tertiary/aromatic N) is 1. The molecule has 1 aliphatic heterocycles. The fourth-order valence-electron chi connectivity index (χ4n) is 9.49. The third-order valence-electron chi connectivity index (χ3n) is 11.4. The highest BCUT2D eigenvalue weighted by Gasteiger charge is 2.59. The monoisotopic (exact) mass is 475 g/mol. The van der Waals surface area contributed by atoms with Gasteiger partial charge in [0.25, 0.3) is 0 Å².